The summed E-state index contributed by atoms with van der Waals surface area (Å²) < 4.78 is 26.2. The fourth-order valence-electron chi connectivity index (χ4n) is 5.13. The zero-order valence-corrected chi connectivity index (χ0v) is 32.5. The number of hydrogen-bond acceptors (Lipinski definition) is 7. The van der Waals surface area contributed by atoms with E-state index in [-0.39, 0.29) is 19.4 Å². The van der Waals surface area contributed by atoms with E-state index in [4.69, 9.17) is 19.3 Å². The molecule has 0 aliphatic rings. The smallest absolute Gasteiger partial charge is 0.462 e. The molecule has 0 bridgehead atoms. The minimum absolute atomic E-state index is 0.104. The molecule has 10 heteroatoms. The van der Waals surface area contributed by atoms with Gasteiger partial charge in [-0.2, -0.15) is 0 Å². The molecule has 50 heavy (non-hydrogen) atoms. The summed E-state index contributed by atoms with van der Waals surface area (Å²) in [6.45, 7) is 5.87. The average Bonchev–Trinajstić information content (AvgIpc) is 3.08. The van der Waals surface area contributed by atoms with Crippen LogP contribution in [0.5, 0.6) is 0 Å². The SMILES string of the molecule is CCCCC/C=C\C[C@H](O)/C=C/C=C\C/C=C\CCCC(=O)O[C@H](COC(=O)CCCCCCCCCCCCC(C)CC)COP(=O)(O)O. The van der Waals surface area contributed by atoms with Crippen LogP contribution >= 0.6 is 7.82 Å². The minimum atomic E-state index is -4.78. The van der Waals surface area contributed by atoms with Gasteiger partial charge in [-0.15, -0.1) is 0 Å². The number of phosphoric acid groups is 1. The highest BCUT2D eigenvalue weighted by Crippen LogP contribution is 2.36. The molecule has 0 rings (SSSR count). The van der Waals surface area contributed by atoms with Gasteiger partial charge in [-0.3, -0.25) is 14.1 Å². The molecule has 290 valence electrons. The number of phosphoric ester groups is 1. The highest BCUT2D eigenvalue weighted by atomic mass is 31.2. The molecule has 0 aliphatic heterocycles. The Hall–Kier alpha value is -2.03. The first kappa shape index (κ1) is 48.0. The molecule has 0 saturated heterocycles. The maximum absolute atomic E-state index is 12.4. The molecule has 0 amide bonds. The molecule has 9 nitrogen and oxygen atoms in total. The third kappa shape index (κ3) is 35.8. The third-order valence-electron chi connectivity index (χ3n) is 8.47. The lowest BCUT2D eigenvalue weighted by atomic mass is 9.99. The van der Waals surface area contributed by atoms with Gasteiger partial charge in [0.1, 0.15) is 6.61 Å². The van der Waals surface area contributed by atoms with Crippen LogP contribution in [-0.2, 0) is 28.2 Å². The summed E-state index contributed by atoms with van der Waals surface area (Å²) in [5.74, 6) is -0.148. The van der Waals surface area contributed by atoms with E-state index in [1.807, 2.05) is 36.5 Å². The number of aliphatic hydroxyl groups is 1. The zero-order chi connectivity index (χ0) is 37.1. The number of allylic oxidation sites excluding steroid dienone is 6. The Morgan fingerprint density at radius 3 is 1.98 bits per heavy atom. The maximum atomic E-state index is 12.4. The van der Waals surface area contributed by atoms with E-state index in [9.17, 15) is 19.3 Å². The maximum Gasteiger partial charge on any atom is 0.469 e. The highest BCUT2D eigenvalue weighted by molar-refractivity contribution is 7.46. The lowest BCUT2D eigenvalue weighted by Crippen LogP contribution is -2.29. The van der Waals surface area contributed by atoms with Crippen molar-refractivity contribution < 1.29 is 43.0 Å². The van der Waals surface area contributed by atoms with Gasteiger partial charge in [0, 0.05) is 12.8 Å². The van der Waals surface area contributed by atoms with Crippen LogP contribution in [0.3, 0.4) is 0 Å². The Morgan fingerprint density at radius 1 is 0.700 bits per heavy atom. The van der Waals surface area contributed by atoms with Gasteiger partial charge in [-0.05, 0) is 50.9 Å². The topological polar surface area (TPSA) is 140 Å². The van der Waals surface area contributed by atoms with Gasteiger partial charge >= 0.3 is 19.8 Å². The van der Waals surface area contributed by atoms with Gasteiger partial charge in [0.05, 0.1) is 12.7 Å². The summed E-state index contributed by atoms with van der Waals surface area (Å²) in [4.78, 5) is 42.7. The summed E-state index contributed by atoms with van der Waals surface area (Å²) in [5.41, 5.74) is 0. The van der Waals surface area contributed by atoms with Crippen molar-refractivity contribution >= 4 is 19.8 Å². The molecule has 3 atom stereocenters. The number of aliphatic hydroxyl groups excluding tert-OH is 1. The van der Waals surface area contributed by atoms with Crippen molar-refractivity contribution in [2.45, 2.75) is 174 Å². The molecular weight excluding hydrogens is 655 g/mol. The lowest BCUT2D eigenvalue weighted by Gasteiger charge is -2.18. The van der Waals surface area contributed by atoms with Crippen LogP contribution in [0.1, 0.15) is 162 Å². The summed E-state index contributed by atoms with van der Waals surface area (Å²) in [5, 5.41) is 9.98. The average molecular weight is 727 g/mol. The Labute approximate surface area is 304 Å². The van der Waals surface area contributed by atoms with E-state index < -0.39 is 38.6 Å². The Kier molecular flexibility index (Phi) is 32.7. The number of carbonyl (C=O) groups is 2. The first-order valence-electron chi connectivity index (χ1n) is 19.4. The Balaban J connectivity index is 4.15. The van der Waals surface area contributed by atoms with E-state index >= 15 is 0 Å². The quantitative estimate of drug-likeness (QED) is 0.0194. The van der Waals surface area contributed by atoms with Crippen LogP contribution < -0.4 is 0 Å². The van der Waals surface area contributed by atoms with Crippen LogP contribution in [0.2, 0.25) is 0 Å². The molecule has 1 unspecified atom stereocenters. The molecule has 0 aromatic heterocycles. The number of ether oxygens (including phenoxy) is 2. The van der Waals surface area contributed by atoms with Gasteiger partial charge in [0.2, 0.25) is 0 Å². The second-order valence-electron chi connectivity index (χ2n) is 13.4. The summed E-state index contributed by atoms with van der Waals surface area (Å²) in [6, 6.07) is 0. The lowest BCUT2D eigenvalue weighted by molar-refractivity contribution is -0.161. The molecule has 0 spiro atoms. The van der Waals surface area contributed by atoms with Crippen LogP contribution in [0.15, 0.2) is 48.6 Å². The van der Waals surface area contributed by atoms with Gasteiger partial charge in [0.15, 0.2) is 6.10 Å². The molecule has 0 fully saturated rings. The first-order chi connectivity index (χ1) is 24.1. The van der Waals surface area contributed by atoms with Gasteiger partial charge < -0.3 is 24.4 Å². The predicted octanol–water partition coefficient (Wildman–Crippen LogP) is 10.4. The molecule has 0 aromatic carbocycles. The number of hydrogen-bond donors (Lipinski definition) is 3. The number of carbonyl (C=O) groups excluding carboxylic acids is 2. The van der Waals surface area contributed by atoms with Crippen molar-refractivity contribution in [3.8, 4) is 0 Å². The molecule has 3 N–H and O–H groups in total. The molecule has 0 saturated carbocycles. The third-order valence-corrected chi connectivity index (χ3v) is 8.96. The normalized spacial score (nSPS) is 14.3. The van der Waals surface area contributed by atoms with Crippen LogP contribution in [0, 0.1) is 5.92 Å². The number of rotatable bonds is 34. The van der Waals surface area contributed by atoms with Crippen LogP contribution in [0.25, 0.3) is 0 Å². The molecule has 0 aromatic rings. The second-order valence-corrected chi connectivity index (χ2v) is 14.6. The summed E-state index contributed by atoms with van der Waals surface area (Å²) in [7, 11) is -4.78. The second kappa shape index (κ2) is 34.1. The van der Waals surface area contributed by atoms with Gasteiger partial charge in [-0.1, -0.05) is 153 Å². The van der Waals surface area contributed by atoms with Crippen molar-refractivity contribution in [2.24, 2.45) is 5.92 Å². The van der Waals surface area contributed by atoms with E-state index in [0.717, 1.165) is 31.6 Å². The molecule has 0 radical (unpaired) electrons. The molecule has 0 aliphatic carbocycles. The fraction of sp³-hybridized carbons (Fsp3) is 0.750. The monoisotopic (exact) mass is 726 g/mol. The largest absolute Gasteiger partial charge is 0.469 e. The zero-order valence-electron chi connectivity index (χ0n) is 31.6. The standard InChI is InChI=1S/C40H71O9P/c1-4-6-7-8-20-25-30-37(41)31-26-21-16-13-14-18-23-28-33-40(43)49-38(35-48-50(44,45)46)34-47-39(42)32-27-22-17-12-10-9-11-15-19-24-29-36(3)5-2/h14,16,18,20-21,25-26,31,36-38,41H,4-13,15,17,19,22-24,27-30,32-35H2,1-3H3,(H2,44,45,46)/b18-14-,21-16-,25-20-,31-26+/t36?,37-,38+/m0/s1. The molecule has 0 heterocycles. The predicted molar refractivity (Wildman–Crippen MR) is 203 cm³/mol. The number of unbranched alkanes of at least 4 members (excludes halogenated alkanes) is 13. The van der Waals surface area contributed by atoms with Crippen molar-refractivity contribution in [3.63, 3.8) is 0 Å². The fourth-order valence-corrected chi connectivity index (χ4v) is 5.49. The van der Waals surface area contributed by atoms with Crippen molar-refractivity contribution in [2.75, 3.05) is 13.2 Å². The molecular formula is C40H71O9P. The minimum Gasteiger partial charge on any atom is -0.462 e. The summed E-state index contributed by atoms with van der Waals surface area (Å²) >= 11 is 0. The van der Waals surface area contributed by atoms with Crippen molar-refractivity contribution in [1.29, 1.82) is 0 Å². The Morgan fingerprint density at radius 2 is 1.32 bits per heavy atom. The van der Waals surface area contributed by atoms with Gasteiger partial charge in [-0.25, -0.2) is 4.57 Å². The highest BCUT2D eigenvalue weighted by Gasteiger charge is 2.22. The first-order valence-corrected chi connectivity index (χ1v) is 21.0. The van der Waals surface area contributed by atoms with E-state index in [1.54, 1.807) is 6.08 Å². The van der Waals surface area contributed by atoms with E-state index in [1.165, 1.54) is 70.6 Å². The van der Waals surface area contributed by atoms with Gasteiger partial charge in [0.25, 0.3) is 0 Å². The summed E-state index contributed by atoms with van der Waals surface area (Å²) in [6.07, 6.45) is 35.8. The van der Waals surface area contributed by atoms with E-state index in [2.05, 4.69) is 31.4 Å². The van der Waals surface area contributed by atoms with E-state index in [0.29, 0.717) is 32.1 Å². The van der Waals surface area contributed by atoms with Crippen molar-refractivity contribution in [3.05, 3.63) is 48.6 Å². The number of esters is 2. The van der Waals surface area contributed by atoms with Crippen LogP contribution in [0.4, 0.5) is 0 Å². The van der Waals surface area contributed by atoms with Crippen molar-refractivity contribution in [1.82, 2.24) is 0 Å². The Bertz CT molecular complexity index is 985. The van der Waals surface area contributed by atoms with Crippen LogP contribution in [-0.4, -0.2) is 52.3 Å².